The van der Waals surface area contributed by atoms with E-state index in [0.29, 0.717) is 4.90 Å². The van der Waals surface area contributed by atoms with E-state index in [-0.39, 0.29) is 5.56 Å². The van der Waals surface area contributed by atoms with E-state index < -0.39 is 5.97 Å². The standard InChI is InChI=1S/C11H8N2O2S.HNO2/c14-11(15)8-4-6-12-7-9(8)16-10-3-1-2-5-13-10;2-1-3/h1-7H,(H,14,15);(H,2,3). The Kier molecular flexibility index (Phi) is 5.96. The van der Waals surface area contributed by atoms with Gasteiger partial charge in [-0.3, -0.25) is 4.98 Å². The van der Waals surface area contributed by atoms with E-state index in [9.17, 15) is 4.79 Å². The van der Waals surface area contributed by atoms with Gasteiger partial charge in [-0.05, 0) is 18.2 Å². The summed E-state index contributed by atoms with van der Waals surface area (Å²) in [7, 11) is 0. The average molecular weight is 279 g/mol. The fourth-order valence-corrected chi connectivity index (χ4v) is 2.02. The minimum Gasteiger partial charge on any atom is -0.478 e. The maximum atomic E-state index is 11.0. The number of nitrogens with zero attached hydrogens (tertiary/aromatic N) is 3. The highest BCUT2D eigenvalue weighted by molar-refractivity contribution is 7.99. The molecule has 0 aliphatic rings. The number of carboxylic acid groups (broad SMARTS) is 1. The Bertz CT molecular complexity index is 551. The molecule has 2 heterocycles. The van der Waals surface area contributed by atoms with Gasteiger partial charge in [0, 0.05) is 23.5 Å². The lowest BCUT2D eigenvalue weighted by Gasteiger charge is -2.03. The van der Waals surface area contributed by atoms with Crippen LogP contribution in [0.5, 0.6) is 0 Å². The zero-order valence-corrected chi connectivity index (χ0v) is 10.3. The molecule has 0 bridgehead atoms. The van der Waals surface area contributed by atoms with Crippen LogP contribution in [-0.2, 0) is 0 Å². The van der Waals surface area contributed by atoms with Crippen LogP contribution in [0.1, 0.15) is 10.4 Å². The Morgan fingerprint density at radius 2 is 2.00 bits per heavy atom. The minimum atomic E-state index is -0.958. The van der Waals surface area contributed by atoms with Gasteiger partial charge in [0.1, 0.15) is 5.03 Å². The topological polar surface area (TPSA) is 113 Å². The predicted molar refractivity (Wildman–Crippen MR) is 67.1 cm³/mol. The monoisotopic (exact) mass is 279 g/mol. The SMILES string of the molecule is O=C(O)c1ccncc1Sc1ccccn1.O=NO. The summed E-state index contributed by atoms with van der Waals surface area (Å²) in [6.45, 7) is 0. The molecule has 7 nitrogen and oxygen atoms in total. The lowest BCUT2D eigenvalue weighted by atomic mass is 10.3. The molecule has 98 valence electrons. The molecule has 19 heavy (non-hydrogen) atoms. The van der Waals surface area contributed by atoms with E-state index >= 15 is 0 Å². The minimum absolute atomic E-state index is 0.241. The van der Waals surface area contributed by atoms with Gasteiger partial charge in [0.25, 0.3) is 0 Å². The van der Waals surface area contributed by atoms with E-state index in [4.69, 9.17) is 15.2 Å². The summed E-state index contributed by atoms with van der Waals surface area (Å²) in [5.74, 6) is -0.958. The number of carbonyl (C=O) groups is 1. The van der Waals surface area contributed by atoms with Crippen LogP contribution in [0.4, 0.5) is 0 Å². The fraction of sp³-hybridized carbons (Fsp3) is 0. The first-order valence-electron chi connectivity index (χ1n) is 4.92. The molecule has 0 atom stereocenters. The lowest BCUT2D eigenvalue weighted by Crippen LogP contribution is -1.99. The van der Waals surface area contributed by atoms with Gasteiger partial charge in [-0.15, -0.1) is 4.91 Å². The second-order valence-corrected chi connectivity index (χ2v) is 4.09. The van der Waals surface area contributed by atoms with E-state index in [1.165, 1.54) is 35.6 Å². The Hall–Kier alpha value is -2.48. The number of rotatable bonds is 3. The third-order valence-corrected chi connectivity index (χ3v) is 2.86. The Labute approximate surface area is 112 Å². The molecule has 0 saturated heterocycles. The molecule has 0 aromatic carbocycles. The first kappa shape index (κ1) is 14.6. The Morgan fingerprint density at radius 3 is 2.58 bits per heavy atom. The van der Waals surface area contributed by atoms with Crippen LogP contribution in [0.25, 0.3) is 0 Å². The fourth-order valence-electron chi connectivity index (χ4n) is 1.16. The smallest absolute Gasteiger partial charge is 0.336 e. The average Bonchev–Trinajstić information content (AvgIpc) is 2.41. The van der Waals surface area contributed by atoms with Gasteiger partial charge in [0.15, 0.2) is 5.34 Å². The molecule has 2 N–H and O–H groups in total. The quantitative estimate of drug-likeness (QED) is 0.655. The summed E-state index contributed by atoms with van der Waals surface area (Å²) < 4.78 is 0. The van der Waals surface area contributed by atoms with Gasteiger partial charge in [-0.2, -0.15) is 0 Å². The van der Waals surface area contributed by atoms with Crippen molar-refractivity contribution in [2.24, 2.45) is 5.34 Å². The molecule has 0 fully saturated rings. The molecule has 0 radical (unpaired) electrons. The highest BCUT2D eigenvalue weighted by Gasteiger charge is 2.10. The van der Waals surface area contributed by atoms with Crippen LogP contribution < -0.4 is 0 Å². The van der Waals surface area contributed by atoms with Crippen molar-refractivity contribution in [3.05, 3.63) is 53.3 Å². The van der Waals surface area contributed by atoms with E-state index in [0.717, 1.165) is 5.03 Å². The maximum absolute atomic E-state index is 11.0. The van der Waals surface area contributed by atoms with Crippen molar-refractivity contribution in [3.63, 3.8) is 0 Å². The predicted octanol–water partition coefficient (Wildman–Crippen LogP) is 2.47. The Morgan fingerprint density at radius 1 is 1.26 bits per heavy atom. The van der Waals surface area contributed by atoms with Crippen molar-refractivity contribution in [3.8, 4) is 0 Å². The van der Waals surface area contributed by atoms with Gasteiger partial charge in [0.2, 0.25) is 0 Å². The van der Waals surface area contributed by atoms with Gasteiger partial charge < -0.3 is 10.3 Å². The molecular formula is C11H9N3O4S. The van der Waals surface area contributed by atoms with Crippen LogP contribution >= 0.6 is 11.8 Å². The molecule has 2 aromatic rings. The first-order valence-corrected chi connectivity index (χ1v) is 5.73. The molecule has 0 aliphatic heterocycles. The summed E-state index contributed by atoms with van der Waals surface area (Å²) in [5.41, 5.74) is 0.241. The largest absolute Gasteiger partial charge is 0.478 e. The lowest BCUT2D eigenvalue weighted by molar-refractivity contribution is 0.0693. The van der Waals surface area contributed by atoms with Crippen molar-refractivity contribution in [1.29, 1.82) is 0 Å². The molecule has 2 rings (SSSR count). The highest BCUT2D eigenvalue weighted by Crippen LogP contribution is 2.27. The van der Waals surface area contributed by atoms with Gasteiger partial charge in [-0.1, -0.05) is 17.8 Å². The molecular weight excluding hydrogens is 270 g/mol. The van der Waals surface area contributed by atoms with Crippen molar-refractivity contribution < 1.29 is 15.1 Å². The normalized spacial score (nSPS) is 9.05. The number of pyridine rings is 2. The molecule has 0 saturated carbocycles. The third kappa shape index (κ3) is 4.72. The van der Waals surface area contributed by atoms with Crippen molar-refractivity contribution >= 4 is 17.7 Å². The van der Waals surface area contributed by atoms with Gasteiger partial charge in [-0.25, -0.2) is 9.78 Å². The second kappa shape index (κ2) is 7.77. The number of carboxylic acids is 1. The first-order chi connectivity index (χ1) is 9.19. The summed E-state index contributed by atoms with van der Waals surface area (Å²) in [5, 5.41) is 17.6. The van der Waals surface area contributed by atoms with Crippen molar-refractivity contribution in [2.75, 3.05) is 0 Å². The number of aromatic carboxylic acids is 1. The number of hydrogen-bond acceptors (Lipinski definition) is 6. The molecule has 0 unspecified atom stereocenters. The molecule has 0 spiro atoms. The summed E-state index contributed by atoms with van der Waals surface area (Å²) in [4.78, 5) is 27.7. The third-order valence-electron chi connectivity index (χ3n) is 1.87. The summed E-state index contributed by atoms with van der Waals surface area (Å²) in [6.07, 6.45) is 4.66. The summed E-state index contributed by atoms with van der Waals surface area (Å²) in [6, 6.07) is 6.97. The molecule has 8 heteroatoms. The van der Waals surface area contributed by atoms with E-state index in [1.54, 1.807) is 6.20 Å². The van der Waals surface area contributed by atoms with Crippen LogP contribution in [0.2, 0.25) is 0 Å². The zero-order valence-electron chi connectivity index (χ0n) is 9.50. The molecule has 2 aromatic heterocycles. The zero-order chi connectivity index (χ0) is 14.1. The van der Waals surface area contributed by atoms with Crippen molar-refractivity contribution in [2.45, 2.75) is 9.92 Å². The number of hydrogen-bond donors (Lipinski definition) is 2. The van der Waals surface area contributed by atoms with Crippen LogP contribution in [0.15, 0.2) is 58.1 Å². The second-order valence-electron chi connectivity index (χ2n) is 3.03. The van der Waals surface area contributed by atoms with E-state index in [1.807, 2.05) is 18.2 Å². The molecule has 0 amide bonds. The van der Waals surface area contributed by atoms with E-state index in [2.05, 4.69) is 9.97 Å². The van der Waals surface area contributed by atoms with Crippen LogP contribution in [0, 0.1) is 4.91 Å². The van der Waals surface area contributed by atoms with Crippen LogP contribution in [0.3, 0.4) is 0 Å². The van der Waals surface area contributed by atoms with Gasteiger partial charge in [0.05, 0.1) is 5.56 Å². The number of aromatic nitrogens is 2. The molecule has 0 aliphatic carbocycles. The van der Waals surface area contributed by atoms with Gasteiger partial charge >= 0.3 is 5.97 Å². The van der Waals surface area contributed by atoms with Crippen molar-refractivity contribution in [1.82, 2.24) is 9.97 Å². The Balaban J connectivity index is 0.000000550. The maximum Gasteiger partial charge on any atom is 0.336 e. The highest BCUT2D eigenvalue weighted by atomic mass is 32.2. The van der Waals surface area contributed by atoms with Crippen LogP contribution in [-0.4, -0.2) is 26.3 Å². The summed E-state index contributed by atoms with van der Waals surface area (Å²) >= 11 is 1.29.